The summed E-state index contributed by atoms with van der Waals surface area (Å²) in [5.74, 6) is -1.18. The molecule has 30 heavy (non-hydrogen) atoms. The summed E-state index contributed by atoms with van der Waals surface area (Å²) < 4.78 is 4.77. The number of β-amino-alcohol motifs (C(OH)–C–C–N with tert-alkyl or cyclic N) is 1. The lowest BCUT2D eigenvalue weighted by Gasteiger charge is -2.17. The van der Waals surface area contributed by atoms with E-state index in [1.165, 1.54) is 12.0 Å². The summed E-state index contributed by atoms with van der Waals surface area (Å²) in [4.78, 5) is 40.2. The van der Waals surface area contributed by atoms with Crippen LogP contribution in [0.5, 0.6) is 0 Å². The number of ether oxygens (including phenoxy) is 1. The minimum Gasteiger partial charge on any atom is -0.466 e. The van der Waals surface area contributed by atoms with E-state index in [0.29, 0.717) is 11.3 Å². The highest BCUT2D eigenvalue weighted by atomic mass is 16.5. The van der Waals surface area contributed by atoms with E-state index in [1.807, 2.05) is 30.3 Å². The molecule has 156 valence electrons. The van der Waals surface area contributed by atoms with Gasteiger partial charge in [0.05, 0.1) is 25.8 Å². The van der Waals surface area contributed by atoms with Crippen molar-refractivity contribution in [1.29, 1.82) is 0 Å². The number of rotatable bonds is 7. The molecule has 1 heterocycles. The number of carbonyl (C=O) groups is 3. The van der Waals surface area contributed by atoms with Crippen LogP contribution >= 0.6 is 0 Å². The van der Waals surface area contributed by atoms with Gasteiger partial charge in [-0.05, 0) is 36.4 Å². The lowest BCUT2D eigenvalue weighted by atomic mass is 10.1. The van der Waals surface area contributed by atoms with Gasteiger partial charge in [0.15, 0.2) is 0 Å². The molecule has 1 aliphatic heterocycles. The number of benzene rings is 2. The van der Waals surface area contributed by atoms with Crippen molar-refractivity contribution in [1.82, 2.24) is 4.90 Å². The quantitative estimate of drug-likeness (QED) is 0.675. The number of hydrogen-bond donors (Lipinski definition) is 2. The zero-order chi connectivity index (χ0) is 21.7. The van der Waals surface area contributed by atoms with Crippen LogP contribution in [0.1, 0.15) is 10.4 Å². The Kier molecular flexibility index (Phi) is 6.48. The third-order valence-corrected chi connectivity index (χ3v) is 4.80. The molecule has 0 spiro atoms. The summed E-state index contributed by atoms with van der Waals surface area (Å²) in [6, 6.07) is 15.9. The fourth-order valence-electron chi connectivity index (χ4n) is 3.15. The molecule has 2 N–H and O–H groups in total. The highest BCUT2D eigenvalue weighted by Gasteiger charge is 2.34. The molecule has 0 unspecified atom stereocenters. The van der Waals surface area contributed by atoms with E-state index in [2.05, 4.69) is 5.32 Å². The maximum atomic E-state index is 12.7. The summed E-state index contributed by atoms with van der Waals surface area (Å²) in [7, 11) is 2.94. The highest BCUT2D eigenvalue weighted by molar-refractivity contribution is 6.09. The van der Waals surface area contributed by atoms with E-state index in [-0.39, 0.29) is 36.9 Å². The van der Waals surface area contributed by atoms with Crippen molar-refractivity contribution in [2.24, 2.45) is 0 Å². The van der Waals surface area contributed by atoms with Crippen molar-refractivity contribution < 1.29 is 24.2 Å². The number of anilines is 2. The van der Waals surface area contributed by atoms with Crippen LogP contribution in [0.25, 0.3) is 0 Å². The number of esters is 1. The largest absolute Gasteiger partial charge is 0.466 e. The molecule has 8 heteroatoms. The van der Waals surface area contributed by atoms with E-state index in [4.69, 9.17) is 9.84 Å². The van der Waals surface area contributed by atoms with E-state index in [9.17, 15) is 14.4 Å². The van der Waals surface area contributed by atoms with Gasteiger partial charge in [-0.3, -0.25) is 9.59 Å². The monoisotopic (exact) mass is 409 g/mol. The van der Waals surface area contributed by atoms with Gasteiger partial charge < -0.3 is 25.0 Å². The molecule has 0 radical (unpaired) electrons. The number of aliphatic hydroxyl groups is 1. The summed E-state index contributed by atoms with van der Waals surface area (Å²) in [6.45, 7) is -0.0319. The predicted molar refractivity (Wildman–Crippen MR) is 112 cm³/mol. The Morgan fingerprint density at radius 2 is 1.80 bits per heavy atom. The second-order valence-corrected chi connectivity index (χ2v) is 6.70. The minimum absolute atomic E-state index is 0.0623. The van der Waals surface area contributed by atoms with Crippen LogP contribution in [0.2, 0.25) is 0 Å². The molecular formula is C22H23N3O5. The Morgan fingerprint density at radius 1 is 1.13 bits per heavy atom. The van der Waals surface area contributed by atoms with Crippen molar-refractivity contribution in [3.63, 3.8) is 0 Å². The van der Waals surface area contributed by atoms with Crippen LogP contribution in [0.15, 0.2) is 65.9 Å². The molecule has 0 aliphatic carbocycles. The first-order valence-electron chi connectivity index (χ1n) is 9.38. The minimum atomic E-state index is -0.609. The van der Waals surface area contributed by atoms with E-state index >= 15 is 0 Å². The third-order valence-electron chi connectivity index (χ3n) is 4.80. The van der Waals surface area contributed by atoms with E-state index in [1.54, 1.807) is 36.2 Å². The number of nitrogens with one attached hydrogen (secondary N) is 1. The lowest BCUT2D eigenvalue weighted by Crippen LogP contribution is -2.31. The van der Waals surface area contributed by atoms with E-state index < -0.39 is 11.9 Å². The fraction of sp³-hybridized carbons (Fsp3) is 0.227. The molecule has 8 nitrogen and oxygen atoms in total. The van der Waals surface area contributed by atoms with Gasteiger partial charge >= 0.3 is 5.97 Å². The maximum absolute atomic E-state index is 12.7. The highest BCUT2D eigenvalue weighted by Crippen LogP contribution is 2.23. The Balaban J connectivity index is 1.78. The summed E-state index contributed by atoms with van der Waals surface area (Å²) in [5.41, 5.74) is 2.10. The first-order chi connectivity index (χ1) is 14.5. The van der Waals surface area contributed by atoms with Crippen molar-refractivity contribution in [3.8, 4) is 0 Å². The van der Waals surface area contributed by atoms with Crippen molar-refractivity contribution in [2.45, 2.75) is 0 Å². The van der Waals surface area contributed by atoms with Gasteiger partial charge in [-0.15, -0.1) is 0 Å². The van der Waals surface area contributed by atoms with Crippen molar-refractivity contribution in [2.75, 3.05) is 44.1 Å². The zero-order valence-corrected chi connectivity index (χ0v) is 16.8. The van der Waals surface area contributed by atoms with Gasteiger partial charge in [-0.1, -0.05) is 18.2 Å². The van der Waals surface area contributed by atoms with Gasteiger partial charge in [0.2, 0.25) is 0 Å². The van der Waals surface area contributed by atoms with E-state index in [0.717, 1.165) is 5.69 Å². The first kappa shape index (κ1) is 21.1. The number of hydrogen-bond acceptors (Lipinski definition) is 6. The number of aliphatic hydroxyl groups excluding tert-OH is 1. The number of nitrogens with zero attached hydrogens (tertiary/aromatic N) is 2. The molecule has 2 aromatic carbocycles. The Bertz CT molecular complexity index is 970. The van der Waals surface area contributed by atoms with Crippen molar-refractivity contribution >= 4 is 29.2 Å². The molecule has 0 fully saturated rings. The Labute approximate surface area is 174 Å². The number of carbonyl (C=O) groups excluding carboxylic acids is 3. The van der Waals surface area contributed by atoms with Gasteiger partial charge in [0, 0.05) is 30.5 Å². The van der Waals surface area contributed by atoms with Gasteiger partial charge in [-0.2, -0.15) is 0 Å². The van der Waals surface area contributed by atoms with Gasteiger partial charge in [0.1, 0.15) is 5.70 Å². The molecular weight excluding hydrogens is 386 g/mol. The predicted octanol–water partition coefficient (Wildman–Crippen LogP) is 1.64. The Morgan fingerprint density at radius 3 is 2.40 bits per heavy atom. The van der Waals surface area contributed by atoms with Crippen LogP contribution in [0.4, 0.5) is 11.4 Å². The molecule has 0 bridgehead atoms. The van der Waals surface area contributed by atoms with Crippen LogP contribution < -0.4 is 10.2 Å². The van der Waals surface area contributed by atoms with Crippen LogP contribution in [0.3, 0.4) is 0 Å². The maximum Gasteiger partial charge on any atom is 0.337 e. The number of methoxy groups -OCH3 is 1. The number of para-hydroxylation sites is 1. The molecule has 3 rings (SSSR count). The number of amides is 2. The van der Waals surface area contributed by atoms with Gasteiger partial charge in [-0.25, -0.2) is 4.79 Å². The smallest absolute Gasteiger partial charge is 0.337 e. The fourth-order valence-corrected chi connectivity index (χ4v) is 3.15. The average molecular weight is 409 g/mol. The van der Waals surface area contributed by atoms with Crippen LogP contribution in [-0.4, -0.2) is 61.6 Å². The Hall–Kier alpha value is -3.65. The molecule has 0 saturated heterocycles. The zero-order valence-electron chi connectivity index (χ0n) is 16.8. The van der Waals surface area contributed by atoms with Crippen LogP contribution in [0, 0.1) is 0 Å². The topological polar surface area (TPSA) is 99.2 Å². The normalized spacial score (nSPS) is 13.4. The van der Waals surface area contributed by atoms with Crippen LogP contribution in [-0.2, 0) is 14.3 Å². The van der Waals surface area contributed by atoms with Gasteiger partial charge in [0.25, 0.3) is 11.8 Å². The molecule has 1 aliphatic rings. The summed E-state index contributed by atoms with van der Waals surface area (Å²) >= 11 is 0. The lowest BCUT2D eigenvalue weighted by molar-refractivity contribution is -0.136. The second-order valence-electron chi connectivity index (χ2n) is 6.70. The third kappa shape index (κ3) is 4.33. The summed E-state index contributed by atoms with van der Waals surface area (Å²) in [5, 5.41) is 12.1. The molecule has 0 atom stereocenters. The summed E-state index contributed by atoms with van der Waals surface area (Å²) in [6.07, 6.45) is 0. The van der Waals surface area contributed by atoms with Crippen molar-refractivity contribution in [3.05, 3.63) is 71.4 Å². The molecule has 2 aromatic rings. The molecule has 0 aromatic heterocycles. The first-order valence-corrected chi connectivity index (χ1v) is 9.38. The SMILES string of the molecule is COC(=O)C1=C(Nc2ccc(C(=O)N(C)c3ccccc3)cc2)C(=O)N(CCO)C1. The molecule has 2 amide bonds. The molecule has 0 saturated carbocycles. The standard InChI is InChI=1S/C22H23N3O5/c1-24(17-6-4-3-5-7-17)20(27)15-8-10-16(11-9-15)23-19-18(22(29)30-2)14-25(12-13-26)21(19)28/h3-11,23,26H,12-14H2,1-2H3. The second kappa shape index (κ2) is 9.23. The average Bonchev–Trinajstić information content (AvgIpc) is 3.09.